The average molecular weight is 234 g/mol. The van der Waals surface area contributed by atoms with Crippen LogP contribution in [0.25, 0.3) is 0 Å². The summed E-state index contributed by atoms with van der Waals surface area (Å²) in [5, 5.41) is 9.33. The summed E-state index contributed by atoms with van der Waals surface area (Å²) < 4.78 is 36.4. The minimum absolute atomic E-state index is 0.0370. The lowest BCUT2D eigenvalue weighted by atomic mass is 10.2. The SMILES string of the molecule is CC(N)CCNc1ccc(C(F)(F)F)nn1. The molecule has 0 saturated heterocycles. The van der Waals surface area contributed by atoms with Crippen molar-refractivity contribution in [3.05, 3.63) is 17.8 Å². The molecule has 0 aliphatic carbocycles. The highest BCUT2D eigenvalue weighted by Crippen LogP contribution is 2.26. The maximum atomic E-state index is 12.1. The van der Waals surface area contributed by atoms with E-state index < -0.39 is 11.9 Å². The van der Waals surface area contributed by atoms with Gasteiger partial charge in [0, 0.05) is 12.6 Å². The molecular formula is C9H13F3N4. The number of nitrogens with zero attached hydrogens (tertiary/aromatic N) is 2. The highest BCUT2D eigenvalue weighted by Gasteiger charge is 2.32. The number of nitrogens with two attached hydrogens (primary N) is 1. The summed E-state index contributed by atoms with van der Waals surface area (Å²) in [5.74, 6) is 0.314. The van der Waals surface area contributed by atoms with Crippen LogP contribution in [0.3, 0.4) is 0 Å². The summed E-state index contributed by atoms with van der Waals surface area (Å²) in [6.07, 6.45) is -3.74. The third-order valence-electron chi connectivity index (χ3n) is 1.86. The van der Waals surface area contributed by atoms with Crippen LogP contribution in [0.2, 0.25) is 0 Å². The first-order valence-corrected chi connectivity index (χ1v) is 4.80. The van der Waals surface area contributed by atoms with E-state index in [0.29, 0.717) is 18.8 Å². The number of anilines is 1. The first-order valence-electron chi connectivity index (χ1n) is 4.80. The number of alkyl halides is 3. The molecule has 0 bridgehead atoms. The standard InChI is InChI=1S/C9H13F3N4/c1-6(13)4-5-14-8-3-2-7(15-16-8)9(10,11)12/h2-3,6H,4-5,13H2,1H3,(H,14,16). The molecule has 0 aliphatic rings. The predicted molar refractivity (Wildman–Crippen MR) is 53.8 cm³/mol. The van der Waals surface area contributed by atoms with Crippen molar-refractivity contribution in [3.63, 3.8) is 0 Å². The van der Waals surface area contributed by atoms with Crippen molar-refractivity contribution in [1.29, 1.82) is 0 Å². The van der Waals surface area contributed by atoms with Gasteiger partial charge in [-0.25, -0.2) is 0 Å². The van der Waals surface area contributed by atoms with Crippen LogP contribution in [0.5, 0.6) is 0 Å². The van der Waals surface area contributed by atoms with E-state index in [4.69, 9.17) is 5.73 Å². The lowest BCUT2D eigenvalue weighted by molar-refractivity contribution is -0.141. The second kappa shape index (κ2) is 5.11. The van der Waals surface area contributed by atoms with E-state index >= 15 is 0 Å². The first kappa shape index (κ1) is 12.7. The van der Waals surface area contributed by atoms with Gasteiger partial charge in [-0.3, -0.25) is 0 Å². The lowest BCUT2D eigenvalue weighted by Gasteiger charge is -2.08. The number of aromatic nitrogens is 2. The monoisotopic (exact) mass is 234 g/mol. The van der Waals surface area contributed by atoms with Gasteiger partial charge in [0.2, 0.25) is 0 Å². The largest absolute Gasteiger partial charge is 0.435 e. The van der Waals surface area contributed by atoms with Crippen molar-refractivity contribution in [3.8, 4) is 0 Å². The number of nitrogens with one attached hydrogen (secondary N) is 1. The van der Waals surface area contributed by atoms with Crippen LogP contribution in [0.15, 0.2) is 12.1 Å². The van der Waals surface area contributed by atoms with E-state index in [1.54, 1.807) is 0 Å². The summed E-state index contributed by atoms with van der Waals surface area (Å²) >= 11 is 0. The highest BCUT2D eigenvalue weighted by atomic mass is 19.4. The van der Waals surface area contributed by atoms with Crippen molar-refractivity contribution in [2.45, 2.75) is 25.6 Å². The van der Waals surface area contributed by atoms with Gasteiger partial charge in [-0.15, -0.1) is 10.2 Å². The van der Waals surface area contributed by atoms with Crippen LogP contribution in [-0.4, -0.2) is 22.8 Å². The van der Waals surface area contributed by atoms with E-state index in [9.17, 15) is 13.2 Å². The zero-order valence-electron chi connectivity index (χ0n) is 8.75. The third-order valence-corrected chi connectivity index (χ3v) is 1.86. The summed E-state index contributed by atoms with van der Waals surface area (Å²) in [4.78, 5) is 0. The van der Waals surface area contributed by atoms with E-state index in [-0.39, 0.29) is 6.04 Å². The van der Waals surface area contributed by atoms with Gasteiger partial charge in [-0.1, -0.05) is 0 Å². The van der Waals surface area contributed by atoms with E-state index in [2.05, 4.69) is 15.5 Å². The fourth-order valence-electron chi connectivity index (χ4n) is 1.01. The summed E-state index contributed by atoms with van der Waals surface area (Å²) in [5.41, 5.74) is 4.52. The Hall–Kier alpha value is -1.37. The molecule has 4 nitrogen and oxygen atoms in total. The normalized spacial score (nSPS) is 13.6. The van der Waals surface area contributed by atoms with Gasteiger partial charge in [0.1, 0.15) is 5.82 Å². The number of hydrogen-bond acceptors (Lipinski definition) is 4. The van der Waals surface area contributed by atoms with Crippen molar-refractivity contribution in [2.24, 2.45) is 5.73 Å². The van der Waals surface area contributed by atoms with Gasteiger partial charge in [-0.2, -0.15) is 13.2 Å². The maximum absolute atomic E-state index is 12.1. The third kappa shape index (κ3) is 4.01. The zero-order valence-corrected chi connectivity index (χ0v) is 8.75. The second-order valence-corrected chi connectivity index (χ2v) is 3.49. The number of hydrogen-bond donors (Lipinski definition) is 2. The molecule has 0 aromatic carbocycles. The topological polar surface area (TPSA) is 63.8 Å². The Morgan fingerprint density at radius 2 is 2.06 bits per heavy atom. The van der Waals surface area contributed by atoms with Gasteiger partial charge in [0.25, 0.3) is 0 Å². The lowest BCUT2D eigenvalue weighted by Crippen LogP contribution is -2.19. The van der Waals surface area contributed by atoms with Crippen LogP contribution in [0, 0.1) is 0 Å². The molecule has 0 saturated carbocycles. The average Bonchev–Trinajstić information content (AvgIpc) is 2.16. The Balaban J connectivity index is 2.52. The van der Waals surface area contributed by atoms with Crippen LogP contribution < -0.4 is 11.1 Å². The van der Waals surface area contributed by atoms with Crippen LogP contribution in [0.1, 0.15) is 19.0 Å². The van der Waals surface area contributed by atoms with Crippen molar-refractivity contribution < 1.29 is 13.2 Å². The van der Waals surface area contributed by atoms with Gasteiger partial charge >= 0.3 is 6.18 Å². The second-order valence-electron chi connectivity index (χ2n) is 3.49. The smallest absolute Gasteiger partial charge is 0.369 e. The van der Waals surface area contributed by atoms with Gasteiger partial charge in [-0.05, 0) is 25.5 Å². The maximum Gasteiger partial charge on any atom is 0.435 e. The molecule has 3 N–H and O–H groups in total. The molecule has 0 aliphatic heterocycles. The fourth-order valence-corrected chi connectivity index (χ4v) is 1.01. The predicted octanol–water partition coefficient (Wildman–Crippen LogP) is 1.64. The van der Waals surface area contributed by atoms with Gasteiger partial charge in [0.05, 0.1) is 0 Å². The molecule has 16 heavy (non-hydrogen) atoms. The molecule has 0 radical (unpaired) electrons. The van der Waals surface area contributed by atoms with Crippen LogP contribution in [0.4, 0.5) is 19.0 Å². The van der Waals surface area contributed by atoms with Crippen LogP contribution >= 0.6 is 0 Å². The van der Waals surface area contributed by atoms with Crippen molar-refractivity contribution in [1.82, 2.24) is 10.2 Å². The molecule has 1 aromatic heterocycles. The van der Waals surface area contributed by atoms with E-state index in [1.165, 1.54) is 6.07 Å². The zero-order chi connectivity index (χ0) is 12.2. The molecule has 1 atom stereocenters. The molecule has 1 rings (SSSR count). The molecule has 1 aromatic rings. The molecule has 0 spiro atoms. The Morgan fingerprint density at radius 3 is 2.50 bits per heavy atom. The molecule has 90 valence electrons. The Labute approximate surface area is 91.1 Å². The molecule has 1 heterocycles. The Kier molecular flexibility index (Phi) is 4.05. The Morgan fingerprint density at radius 1 is 1.38 bits per heavy atom. The minimum Gasteiger partial charge on any atom is -0.369 e. The summed E-state index contributed by atoms with van der Waals surface area (Å²) in [7, 11) is 0. The van der Waals surface area contributed by atoms with Crippen molar-refractivity contribution in [2.75, 3.05) is 11.9 Å². The molecule has 7 heteroatoms. The van der Waals surface area contributed by atoms with Gasteiger partial charge in [0.15, 0.2) is 5.69 Å². The highest BCUT2D eigenvalue weighted by molar-refractivity contribution is 5.33. The van der Waals surface area contributed by atoms with Gasteiger partial charge < -0.3 is 11.1 Å². The summed E-state index contributed by atoms with van der Waals surface area (Å²) in [6, 6.07) is 2.17. The molecule has 0 fully saturated rings. The fraction of sp³-hybridized carbons (Fsp3) is 0.556. The Bertz CT molecular complexity index is 321. The van der Waals surface area contributed by atoms with Crippen molar-refractivity contribution >= 4 is 5.82 Å². The summed E-state index contributed by atoms with van der Waals surface area (Å²) in [6.45, 7) is 2.40. The molecular weight excluding hydrogens is 221 g/mol. The molecule has 0 amide bonds. The first-order chi connectivity index (χ1) is 7.39. The number of halogens is 3. The minimum atomic E-state index is -4.45. The van der Waals surface area contributed by atoms with Crippen LogP contribution in [-0.2, 0) is 6.18 Å². The molecule has 1 unspecified atom stereocenters. The van der Waals surface area contributed by atoms with E-state index in [0.717, 1.165) is 6.07 Å². The van der Waals surface area contributed by atoms with E-state index in [1.807, 2.05) is 6.92 Å². The quantitative estimate of drug-likeness (QED) is 0.831. The number of rotatable bonds is 4.